The van der Waals surface area contributed by atoms with Crippen molar-refractivity contribution >= 4 is 16.0 Å². The molecule has 3 aliphatic rings. The van der Waals surface area contributed by atoms with Crippen molar-refractivity contribution in [1.82, 2.24) is 13.9 Å². The van der Waals surface area contributed by atoms with Gasteiger partial charge in [-0.1, -0.05) is 0 Å². The first-order chi connectivity index (χ1) is 12.2. The average molecular weight is 384 g/mol. The molecule has 1 heterocycles. The molecule has 3 N–H and O–H groups in total. The number of ketones is 1. The number of carbonyl (C=O) groups excluding carboxylic acids is 1. The molecule has 8 nitrogen and oxygen atoms in total. The minimum absolute atomic E-state index is 0.0266. The molecule has 3 fully saturated rings. The zero-order valence-electron chi connectivity index (χ0n) is 15.6. The zero-order chi connectivity index (χ0) is 19.2. The topological polar surface area (TPSA) is 120 Å². The fourth-order valence-electron chi connectivity index (χ4n) is 5.26. The number of nitriles is 1. The Labute approximate surface area is 155 Å². The summed E-state index contributed by atoms with van der Waals surface area (Å²) < 4.78 is 29.0. The minimum atomic E-state index is -3.53. The third kappa shape index (κ3) is 3.18. The predicted octanol–water partition coefficient (Wildman–Crippen LogP) is -0.0303. The van der Waals surface area contributed by atoms with Gasteiger partial charge in [0.05, 0.1) is 12.6 Å². The van der Waals surface area contributed by atoms with Crippen LogP contribution in [0.15, 0.2) is 0 Å². The van der Waals surface area contributed by atoms with Gasteiger partial charge in [0, 0.05) is 32.2 Å². The first kappa shape index (κ1) is 19.7. The van der Waals surface area contributed by atoms with Gasteiger partial charge in [0.2, 0.25) is 0 Å². The summed E-state index contributed by atoms with van der Waals surface area (Å²) >= 11 is 0. The zero-order valence-corrected chi connectivity index (χ0v) is 16.4. The van der Waals surface area contributed by atoms with Crippen molar-refractivity contribution in [3.05, 3.63) is 0 Å². The van der Waals surface area contributed by atoms with Crippen LogP contribution in [0.4, 0.5) is 0 Å². The molecule has 26 heavy (non-hydrogen) atoms. The molecular weight excluding hydrogens is 354 g/mol. The molecule has 0 radical (unpaired) electrons. The molecule has 146 valence electrons. The van der Waals surface area contributed by atoms with Crippen LogP contribution < -0.4 is 10.5 Å². The number of likely N-dealkylation sites (tertiary alicyclic amines) is 1. The van der Waals surface area contributed by atoms with E-state index in [9.17, 15) is 18.5 Å². The molecule has 0 amide bonds. The molecule has 0 aromatic carbocycles. The molecule has 3 unspecified atom stereocenters. The van der Waals surface area contributed by atoms with E-state index in [0.29, 0.717) is 25.3 Å². The van der Waals surface area contributed by atoms with E-state index in [-0.39, 0.29) is 18.4 Å². The van der Waals surface area contributed by atoms with Gasteiger partial charge in [0.15, 0.2) is 11.3 Å². The molecule has 0 aromatic rings. The Morgan fingerprint density at radius 1 is 1.38 bits per heavy atom. The van der Waals surface area contributed by atoms with Crippen LogP contribution in [0.1, 0.15) is 44.9 Å². The van der Waals surface area contributed by atoms with Crippen molar-refractivity contribution in [3.8, 4) is 6.07 Å². The Morgan fingerprint density at radius 2 is 2.12 bits per heavy atom. The van der Waals surface area contributed by atoms with Gasteiger partial charge < -0.3 is 5.73 Å². The molecule has 3 rings (SSSR count). The van der Waals surface area contributed by atoms with Crippen molar-refractivity contribution in [2.75, 3.05) is 27.2 Å². The molecule has 2 saturated carbocycles. The summed E-state index contributed by atoms with van der Waals surface area (Å²) in [4.78, 5) is 14.5. The van der Waals surface area contributed by atoms with Crippen LogP contribution in [0.2, 0.25) is 0 Å². The van der Waals surface area contributed by atoms with Gasteiger partial charge in [-0.15, -0.1) is 0 Å². The first-order valence-electron chi connectivity index (χ1n) is 9.31. The van der Waals surface area contributed by atoms with E-state index >= 15 is 0 Å². The maximum Gasteiger partial charge on any atom is 0.279 e. The molecule has 0 spiro atoms. The van der Waals surface area contributed by atoms with Crippen molar-refractivity contribution in [3.63, 3.8) is 0 Å². The van der Waals surface area contributed by atoms with Gasteiger partial charge in [-0.3, -0.25) is 9.69 Å². The molecule has 9 heteroatoms. The average Bonchev–Trinajstić information content (AvgIpc) is 3.15. The van der Waals surface area contributed by atoms with Crippen molar-refractivity contribution < 1.29 is 13.2 Å². The Kier molecular flexibility index (Phi) is 5.18. The van der Waals surface area contributed by atoms with E-state index in [2.05, 4.69) is 10.8 Å². The van der Waals surface area contributed by atoms with Crippen LogP contribution in [-0.2, 0) is 15.0 Å². The molecule has 1 saturated heterocycles. The Morgan fingerprint density at radius 3 is 2.73 bits per heavy atom. The van der Waals surface area contributed by atoms with Gasteiger partial charge in [-0.2, -0.15) is 22.7 Å². The van der Waals surface area contributed by atoms with Gasteiger partial charge >= 0.3 is 0 Å². The van der Waals surface area contributed by atoms with Gasteiger partial charge in [-0.05, 0) is 50.9 Å². The lowest BCUT2D eigenvalue weighted by Gasteiger charge is -2.45. The largest absolute Gasteiger partial charge is 0.324 e. The number of rotatable bonds is 6. The van der Waals surface area contributed by atoms with Gasteiger partial charge in [-0.25, -0.2) is 0 Å². The third-order valence-electron chi connectivity index (χ3n) is 6.47. The molecule has 0 aromatic heterocycles. The highest BCUT2D eigenvalue weighted by molar-refractivity contribution is 7.87. The molecule has 4 atom stereocenters. The highest BCUT2D eigenvalue weighted by atomic mass is 32.2. The quantitative estimate of drug-likeness (QED) is 0.665. The lowest BCUT2D eigenvalue weighted by Crippen LogP contribution is -2.61. The number of nitrogens with one attached hydrogen (secondary N) is 1. The highest BCUT2D eigenvalue weighted by Crippen LogP contribution is 2.49. The second-order valence-corrected chi connectivity index (χ2v) is 10.2. The van der Waals surface area contributed by atoms with Crippen LogP contribution >= 0.6 is 0 Å². The summed E-state index contributed by atoms with van der Waals surface area (Å²) in [6.45, 7) is 0.547. The number of carbonyl (C=O) groups is 1. The summed E-state index contributed by atoms with van der Waals surface area (Å²) in [5.41, 5.74) is 3.97. The van der Waals surface area contributed by atoms with E-state index in [1.54, 1.807) is 0 Å². The summed E-state index contributed by atoms with van der Waals surface area (Å²) in [5, 5.41) is 9.80. The first-order valence-corrected chi connectivity index (χ1v) is 10.7. The molecule has 1 aliphatic heterocycles. The molecule has 2 aliphatic carbocycles. The summed E-state index contributed by atoms with van der Waals surface area (Å²) in [7, 11) is -0.490. The van der Waals surface area contributed by atoms with Crippen LogP contribution in [0, 0.1) is 17.2 Å². The fraction of sp³-hybridized carbons (Fsp3) is 0.882. The number of nitrogens with two attached hydrogens (primary N) is 1. The van der Waals surface area contributed by atoms with E-state index < -0.39 is 21.3 Å². The smallest absolute Gasteiger partial charge is 0.279 e. The van der Waals surface area contributed by atoms with Crippen molar-refractivity contribution in [1.29, 1.82) is 5.26 Å². The maximum atomic E-state index is 12.5. The third-order valence-corrected chi connectivity index (χ3v) is 8.12. The van der Waals surface area contributed by atoms with Crippen molar-refractivity contribution in [2.24, 2.45) is 11.7 Å². The lowest BCUT2D eigenvalue weighted by atomic mass is 9.78. The Hall–Kier alpha value is -1.05. The van der Waals surface area contributed by atoms with Crippen molar-refractivity contribution in [2.45, 2.75) is 62.1 Å². The summed E-state index contributed by atoms with van der Waals surface area (Å²) in [6, 6.07) is 2.28. The molecular formula is C17H29N5O3S. The summed E-state index contributed by atoms with van der Waals surface area (Å²) in [5.74, 6) is 0.196. The molecule has 2 bridgehead atoms. The Balaban J connectivity index is 1.86. The van der Waals surface area contributed by atoms with Crippen LogP contribution in [0.5, 0.6) is 0 Å². The van der Waals surface area contributed by atoms with Gasteiger partial charge in [0.25, 0.3) is 10.2 Å². The number of Topliss-reactive ketones (excluding diaryl/α,β-unsaturated/α-hetero) is 1. The summed E-state index contributed by atoms with van der Waals surface area (Å²) in [6.07, 6.45) is 5.46. The van der Waals surface area contributed by atoms with E-state index in [1.165, 1.54) is 18.4 Å². The second kappa shape index (κ2) is 6.84. The van der Waals surface area contributed by atoms with Crippen LogP contribution in [0.25, 0.3) is 0 Å². The fourth-order valence-corrected chi connectivity index (χ4v) is 6.26. The van der Waals surface area contributed by atoms with E-state index in [0.717, 1.165) is 32.1 Å². The SMILES string of the molecule is CN(C)S(=O)(=O)N[C@]12CCC(CC(N3CCCC3(C#N)C(=O)CN)C1)C2. The van der Waals surface area contributed by atoms with Gasteiger partial charge in [0.1, 0.15) is 0 Å². The monoisotopic (exact) mass is 383 g/mol. The minimum Gasteiger partial charge on any atom is -0.324 e. The lowest BCUT2D eigenvalue weighted by molar-refractivity contribution is -0.127. The number of nitrogens with zero attached hydrogens (tertiary/aromatic N) is 3. The number of hydrogen-bond acceptors (Lipinski definition) is 6. The van der Waals surface area contributed by atoms with Crippen LogP contribution in [0.3, 0.4) is 0 Å². The van der Waals surface area contributed by atoms with Crippen LogP contribution in [-0.4, -0.2) is 67.7 Å². The number of fused-ring (bicyclic) bond motifs is 2. The Bertz CT molecular complexity index is 718. The number of hydrogen-bond donors (Lipinski definition) is 2. The standard InChI is InChI=1S/C17H29N5O3S/c1-21(2)26(24,25)20-16-6-4-13(9-16)8-14(10-16)22-7-3-5-17(22,12-19)15(23)11-18/h13-14,20H,3-11,18H2,1-2H3/t13?,14?,16-,17?/m0/s1. The van der Waals surface area contributed by atoms with E-state index in [1.807, 2.05) is 4.90 Å². The second-order valence-electron chi connectivity index (χ2n) is 8.27. The maximum absolute atomic E-state index is 12.5. The normalized spacial score (nSPS) is 37.8. The predicted molar refractivity (Wildman–Crippen MR) is 97.2 cm³/mol. The van der Waals surface area contributed by atoms with E-state index in [4.69, 9.17) is 5.73 Å². The highest BCUT2D eigenvalue weighted by Gasteiger charge is 2.55.